The molecule has 0 fully saturated rings. The van der Waals surface area contributed by atoms with Crippen LogP contribution in [0.1, 0.15) is 38.3 Å². The molecule has 0 nitrogen and oxygen atoms in total. The molecule has 0 amide bonds. The van der Waals surface area contributed by atoms with E-state index in [1.165, 1.54) is 12.0 Å². The number of benzene rings is 1. The van der Waals surface area contributed by atoms with Crippen LogP contribution in [0.2, 0.25) is 5.02 Å². The molecule has 0 aliphatic carbocycles. The van der Waals surface area contributed by atoms with Crippen LogP contribution < -0.4 is 0 Å². The number of hydrogen-bond acceptors (Lipinski definition) is 0. The van der Waals surface area contributed by atoms with Gasteiger partial charge in [-0.2, -0.15) is 0 Å². The maximum absolute atomic E-state index is 6.38. The Morgan fingerprint density at radius 3 is 2.63 bits per heavy atom. The average molecular weight is 275 g/mol. The summed E-state index contributed by atoms with van der Waals surface area (Å²) < 4.78 is 0. The molecule has 0 radical (unpaired) electrons. The van der Waals surface area contributed by atoms with Crippen LogP contribution in [0, 0.1) is 5.92 Å². The van der Waals surface area contributed by atoms with Gasteiger partial charge in [-0.3, -0.25) is 0 Å². The van der Waals surface area contributed by atoms with Gasteiger partial charge < -0.3 is 0 Å². The SMILES string of the molecule is C=CC(=C)/C=C(\C)c1ccc(CC(C)CC)c(Cl)c1. The maximum Gasteiger partial charge on any atom is 0.0444 e. The van der Waals surface area contributed by atoms with Crippen LogP contribution in [-0.4, -0.2) is 0 Å². The summed E-state index contributed by atoms with van der Waals surface area (Å²) in [6, 6.07) is 6.31. The Hall–Kier alpha value is -1.27. The first-order valence-corrected chi connectivity index (χ1v) is 7.14. The number of rotatable bonds is 6. The fraction of sp³-hybridized carbons (Fsp3) is 0.333. The third-order valence-electron chi connectivity index (χ3n) is 3.44. The highest BCUT2D eigenvalue weighted by Crippen LogP contribution is 2.25. The summed E-state index contributed by atoms with van der Waals surface area (Å²) in [5.41, 5.74) is 4.44. The summed E-state index contributed by atoms with van der Waals surface area (Å²) >= 11 is 6.38. The van der Waals surface area contributed by atoms with Crippen LogP contribution in [-0.2, 0) is 6.42 Å². The summed E-state index contributed by atoms with van der Waals surface area (Å²) in [4.78, 5) is 0. The molecule has 0 aromatic heterocycles. The van der Waals surface area contributed by atoms with E-state index in [0.717, 1.165) is 28.2 Å². The van der Waals surface area contributed by atoms with E-state index in [4.69, 9.17) is 11.6 Å². The van der Waals surface area contributed by atoms with Gasteiger partial charge >= 0.3 is 0 Å². The number of allylic oxidation sites excluding steroid dienone is 4. The smallest absolute Gasteiger partial charge is 0.0444 e. The monoisotopic (exact) mass is 274 g/mol. The van der Waals surface area contributed by atoms with Crippen LogP contribution in [0.3, 0.4) is 0 Å². The Labute approximate surface area is 122 Å². The van der Waals surface area contributed by atoms with E-state index < -0.39 is 0 Å². The highest BCUT2D eigenvalue weighted by atomic mass is 35.5. The van der Waals surface area contributed by atoms with E-state index in [1.807, 2.05) is 12.1 Å². The van der Waals surface area contributed by atoms with E-state index in [9.17, 15) is 0 Å². The molecule has 1 heteroatoms. The average Bonchev–Trinajstić information content (AvgIpc) is 2.40. The first-order chi connectivity index (χ1) is 8.97. The van der Waals surface area contributed by atoms with Gasteiger partial charge in [-0.05, 0) is 47.6 Å². The van der Waals surface area contributed by atoms with Crippen molar-refractivity contribution in [2.75, 3.05) is 0 Å². The lowest BCUT2D eigenvalue weighted by atomic mass is 9.96. The van der Waals surface area contributed by atoms with Crippen molar-refractivity contribution in [3.8, 4) is 0 Å². The van der Waals surface area contributed by atoms with Crippen molar-refractivity contribution in [2.24, 2.45) is 5.92 Å². The van der Waals surface area contributed by atoms with Gasteiger partial charge in [-0.25, -0.2) is 0 Å². The van der Waals surface area contributed by atoms with Gasteiger partial charge in [-0.1, -0.05) is 69.3 Å². The fourth-order valence-electron chi connectivity index (χ4n) is 1.90. The van der Waals surface area contributed by atoms with Crippen molar-refractivity contribution in [1.29, 1.82) is 0 Å². The zero-order valence-corrected chi connectivity index (χ0v) is 12.9. The van der Waals surface area contributed by atoms with Gasteiger partial charge in [0.2, 0.25) is 0 Å². The van der Waals surface area contributed by atoms with Gasteiger partial charge in [0.15, 0.2) is 0 Å². The summed E-state index contributed by atoms with van der Waals surface area (Å²) in [7, 11) is 0. The molecular formula is C18H23Cl. The first-order valence-electron chi connectivity index (χ1n) is 6.76. The van der Waals surface area contributed by atoms with E-state index in [2.05, 4.69) is 46.1 Å². The third kappa shape index (κ3) is 4.72. The highest BCUT2D eigenvalue weighted by Gasteiger charge is 2.07. The second-order valence-electron chi connectivity index (χ2n) is 5.13. The minimum absolute atomic E-state index is 0.667. The predicted octanol–water partition coefficient (Wildman–Crippen LogP) is 6.07. The molecule has 1 atom stereocenters. The summed E-state index contributed by atoms with van der Waals surface area (Å²) in [6.45, 7) is 14.1. The molecule has 0 saturated heterocycles. The zero-order chi connectivity index (χ0) is 14.4. The van der Waals surface area contributed by atoms with Crippen molar-refractivity contribution in [3.05, 3.63) is 65.2 Å². The lowest BCUT2D eigenvalue weighted by Crippen LogP contribution is -1.98. The molecule has 1 rings (SSSR count). The van der Waals surface area contributed by atoms with E-state index in [1.54, 1.807) is 6.08 Å². The number of halogens is 1. The second-order valence-corrected chi connectivity index (χ2v) is 5.54. The van der Waals surface area contributed by atoms with E-state index in [0.29, 0.717) is 5.92 Å². The van der Waals surface area contributed by atoms with Crippen LogP contribution in [0.4, 0.5) is 0 Å². The Bertz CT molecular complexity index is 494. The third-order valence-corrected chi connectivity index (χ3v) is 3.79. The van der Waals surface area contributed by atoms with Gasteiger partial charge in [0, 0.05) is 5.02 Å². The van der Waals surface area contributed by atoms with Gasteiger partial charge in [-0.15, -0.1) is 0 Å². The molecule has 1 unspecified atom stereocenters. The molecule has 0 saturated carbocycles. The summed E-state index contributed by atoms with van der Waals surface area (Å²) in [5, 5.41) is 0.856. The quantitative estimate of drug-likeness (QED) is 0.552. The molecule has 0 aliphatic heterocycles. The van der Waals surface area contributed by atoms with E-state index >= 15 is 0 Å². The normalized spacial score (nSPS) is 13.2. The number of hydrogen-bond donors (Lipinski definition) is 0. The minimum Gasteiger partial charge on any atom is -0.0985 e. The molecule has 0 heterocycles. The van der Waals surface area contributed by atoms with Crippen molar-refractivity contribution in [1.82, 2.24) is 0 Å². The molecule has 0 N–H and O–H groups in total. The van der Waals surface area contributed by atoms with E-state index in [-0.39, 0.29) is 0 Å². The van der Waals surface area contributed by atoms with Crippen LogP contribution in [0.25, 0.3) is 5.57 Å². The molecule has 1 aromatic rings. The van der Waals surface area contributed by atoms with Crippen molar-refractivity contribution < 1.29 is 0 Å². The molecule has 0 bridgehead atoms. The van der Waals surface area contributed by atoms with Crippen molar-refractivity contribution in [2.45, 2.75) is 33.6 Å². The summed E-state index contributed by atoms with van der Waals surface area (Å²) in [6.07, 6.45) is 5.99. The van der Waals surface area contributed by atoms with Gasteiger partial charge in [0.25, 0.3) is 0 Å². The lowest BCUT2D eigenvalue weighted by Gasteiger charge is -2.11. The first kappa shape index (κ1) is 15.8. The maximum atomic E-state index is 6.38. The topological polar surface area (TPSA) is 0 Å². The van der Waals surface area contributed by atoms with Crippen LogP contribution >= 0.6 is 11.6 Å². The second kappa shape index (κ2) is 7.35. The molecular weight excluding hydrogens is 252 g/mol. The predicted molar refractivity (Wildman–Crippen MR) is 87.6 cm³/mol. The molecule has 0 aliphatic rings. The van der Waals surface area contributed by atoms with Gasteiger partial charge in [0.05, 0.1) is 0 Å². The standard InChI is InChI=1S/C18H23Cl/c1-6-13(3)10-15(5)16-8-9-17(18(19)12-16)11-14(4)7-2/h6,8-10,12,14H,1,3,7,11H2,2,4-5H3/b15-10+. The molecule has 19 heavy (non-hydrogen) atoms. The zero-order valence-electron chi connectivity index (χ0n) is 12.2. The molecule has 0 spiro atoms. The molecule has 102 valence electrons. The van der Waals surface area contributed by atoms with Crippen LogP contribution in [0.5, 0.6) is 0 Å². The lowest BCUT2D eigenvalue weighted by molar-refractivity contribution is 0.560. The Morgan fingerprint density at radius 2 is 2.11 bits per heavy atom. The summed E-state index contributed by atoms with van der Waals surface area (Å²) in [5.74, 6) is 0.667. The Morgan fingerprint density at radius 1 is 1.42 bits per heavy atom. The Kier molecular flexibility index (Phi) is 6.11. The largest absolute Gasteiger partial charge is 0.0985 e. The van der Waals surface area contributed by atoms with Crippen molar-refractivity contribution >= 4 is 17.2 Å². The van der Waals surface area contributed by atoms with Gasteiger partial charge in [0.1, 0.15) is 0 Å². The Balaban J connectivity index is 2.96. The molecule has 1 aromatic carbocycles. The van der Waals surface area contributed by atoms with Crippen molar-refractivity contribution in [3.63, 3.8) is 0 Å². The van der Waals surface area contributed by atoms with Crippen LogP contribution in [0.15, 0.2) is 49.1 Å². The highest BCUT2D eigenvalue weighted by molar-refractivity contribution is 6.31. The minimum atomic E-state index is 0.667. The fourth-order valence-corrected chi connectivity index (χ4v) is 2.16.